The third-order valence-electron chi connectivity index (χ3n) is 1.62. The van der Waals surface area contributed by atoms with Crippen molar-refractivity contribution in [1.82, 2.24) is 0 Å². The minimum absolute atomic E-state index is 0.191. The lowest BCUT2D eigenvalue weighted by Crippen LogP contribution is -1.97. The maximum atomic E-state index is 8.95. The Morgan fingerprint density at radius 1 is 1.07 bits per heavy atom. The van der Waals surface area contributed by atoms with Gasteiger partial charge in [0.05, 0.1) is 6.10 Å². The molecule has 2 nitrogen and oxygen atoms in total. The van der Waals surface area contributed by atoms with Gasteiger partial charge in [0.1, 0.15) is 0 Å². The van der Waals surface area contributed by atoms with E-state index in [1.54, 1.807) is 6.92 Å². The van der Waals surface area contributed by atoms with Crippen molar-refractivity contribution in [1.29, 1.82) is 0 Å². The van der Waals surface area contributed by atoms with E-state index in [2.05, 4.69) is 23.7 Å². The minimum atomic E-state index is -0.229. The molecule has 14 heavy (non-hydrogen) atoms. The lowest BCUT2D eigenvalue weighted by molar-refractivity contribution is 0.182. The van der Waals surface area contributed by atoms with E-state index in [-0.39, 0.29) is 12.7 Å². The summed E-state index contributed by atoms with van der Waals surface area (Å²) in [6, 6.07) is 0. The molecule has 0 rings (SSSR count). The Bertz CT molecular complexity index is 235. The Balaban J connectivity index is 3.37. The van der Waals surface area contributed by atoms with Gasteiger partial charge < -0.3 is 10.2 Å². The van der Waals surface area contributed by atoms with Crippen molar-refractivity contribution >= 4 is 0 Å². The fraction of sp³-hybridized carbons (Fsp3) is 0.667. The molecule has 0 aromatic heterocycles. The first-order valence-corrected chi connectivity index (χ1v) is 5.02. The summed E-state index contributed by atoms with van der Waals surface area (Å²) in [4.78, 5) is 0. The van der Waals surface area contributed by atoms with Crippen molar-refractivity contribution in [2.24, 2.45) is 0 Å². The van der Waals surface area contributed by atoms with Crippen LogP contribution in [0, 0.1) is 23.7 Å². The molecule has 0 aliphatic rings. The SMILES string of the molecule is CC(O)CCCC#CC#CCCCO. The van der Waals surface area contributed by atoms with Crippen molar-refractivity contribution in [2.45, 2.75) is 45.1 Å². The zero-order valence-electron chi connectivity index (χ0n) is 8.71. The highest BCUT2D eigenvalue weighted by Gasteiger charge is 1.91. The third kappa shape index (κ3) is 11.0. The van der Waals surface area contributed by atoms with Crippen LogP contribution in [0.25, 0.3) is 0 Å². The van der Waals surface area contributed by atoms with Crippen LogP contribution in [-0.2, 0) is 0 Å². The molecule has 0 bridgehead atoms. The number of hydrogen-bond donors (Lipinski definition) is 2. The molecular weight excluding hydrogens is 176 g/mol. The van der Waals surface area contributed by atoms with E-state index in [1.807, 2.05) is 0 Å². The summed E-state index contributed by atoms with van der Waals surface area (Å²) < 4.78 is 0. The van der Waals surface area contributed by atoms with Crippen LogP contribution in [0.2, 0.25) is 0 Å². The normalized spacial score (nSPS) is 10.8. The van der Waals surface area contributed by atoms with Crippen molar-refractivity contribution in [3.05, 3.63) is 0 Å². The van der Waals surface area contributed by atoms with Gasteiger partial charge in [-0.2, -0.15) is 0 Å². The number of aliphatic hydroxyl groups excluding tert-OH is 2. The number of aliphatic hydroxyl groups is 2. The number of unbranched alkanes of at least 4 members (excludes halogenated alkanes) is 2. The quantitative estimate of drug-likeness (QED) is 0.512. The molecular formula is C12H18O2. The highest BCUT2D eigenvalue weighted by Crippen LogP contribution is 1.97. The smallest absolute Gasteiger partial charge is 0.0512 e. The average molecular weight is 194 g/mol. The lowest BCUT2D eigenvalue weighted by Gasteiger charge is -1.98. The molecule has 0 saturated heterocycles. The zero-order chi connectivity index (χ0) is 10.6. The van der Waals surface area contributed by atoms with Crippen LogP contribution in [0.1, 0.15) is 39.0 Å². The molecule has 0 saturated carbocycles. The molecule has 0 fully saturated rings. The Morgan fingerprint density at radius 2 is 1.64 bits per heavy atom. The van der Waals surface area contributed by atoms with E-state index in [1.165, 1.54) is 0 Å². The molecule has 2 heteroatoms. The second kappa shape index (κ2) is 10.1. The summed E-state index contributed by atoms with van der Waals surface area (Å²) in [7, 11) is 0. The fourth-order valence-electron chi connectivity index (χ4n) is 0.867. The molecule has 0 radical (unpaired) electrons. The van der Waals surface area contributed by atoms with Crippen LogP contribution in [0.5, 0.6) is 0 Å². The summed E-state index contributed by atoms with van der Waals surface area (Å²) >= 11 is 0. The van der Waals surface area contributed by atoms with Crippen molar-refractivity contribution in [2.75, 3.05) is 6.61 Å². The van der Waals surface area contributed by atoms with E-state index in [0.717, 1.165) is 25.7 Å². The molecule has 0 aliphatic heterocycles. The summed E-state index contributed by atoms with van der Waals surface area (Å²) in [5.41, 5.74) is 0. The van der Waals surface area contributed by atoms with E-state index in [0.29, 0.717) is 6.42 Å². The summed E-state index contributed by atoms with van der Waals surface area (Å²) in [5.74, 6) is 11.2. The van der Waals surface area contributed by atoms with E-state index >= 15 is 0 Å². The molecule has 1 unspecified atom stereocenters. The van der Waals surface area contributed by atoms with Gasteiger partial charge in [0.2, 0.25) is 0 Å². The first-order chi connectivity index (χ1) is 6.77. The van der Waals surface area contributed by atoms with Crippen molar-refractivity contribution in [3.63, 3.8) is 0 Å². The molecule has 0 amide bonds. The monoisotopic (exact) mass is 194 g/mol. The minimum Gasteiger partial charge on any atom is -0.396 e. The molecule has 0 spiro atoms. The van der Waals surface area contributed by atoms with Crippen LogP contribution >= 0.6 is 0 Å². The van der Waals surface area contributed by atoms with Crippen LogP contribution in [0.3, 0.4) is 0 Å². The van der Waals surface area contributed by atoms with Gasteiger partial charge in [-0.15, -0.1) is 0 Å². The highest BCUT2D eigenvalue weighted by molar-refractivity contribution is 5.25. The van der Waals surface area contributed by atoms with Gasteiger partial charge in [0.25, 0.3) is 0 Å². The maximum Gasteiger partial charge on any atom is 0.0512 e. The second-order valence-corrected chi connectivity index (χ2v) is 3.17. The Morgan fingerprint density at radius 3 is 2.14 bits per heavy atom. The van der Waals surface area contributed by atoms with Crippen LogP contribution < -0.4 is 0 Å². The predicted molar refractivity (Wildman–Crippen MR) is 57.4 cm³/mol. The van der Waals surface area contributed by atoms with Gasteiger partial charge in [-0.25, -0.2) is 0 Å². The van der Waals surface area contributed by atoms with Gasteiger partial charge in [-0.1, -0.05) is 11.8 Å². The van der Waals surface area contributed by atoms with E-state index in [9.17, 15) is 0 Å². The van der Waals surface area contributed by atoms with Gasteiger partial charge in [-0.3, -0.25) is 0 Å². The Hall–Kier alpha value is -0.960. The predicted octanol–water partition coefficient (Wildman–Crippen LogP) is 1.32. The van der Waals surface area contributed by atoms with Crippen LogP contribution in [-0.4, -0.2) is 22.9 Å². The van der Waals surface area contributed by atoms with Gasteiger partial charge in [0, 0.05) is 19.4 Å². The van der Waals surface area contributed by atoms with Crippen molar-refractivity contribution < 1.29 is 10.2 Å². The van der Waals surface area contributed by atoms with Crippen molar-refractivity contribution in [3.8, 4) is 23.7 Å². The summed E-state index contributed by atoms with van der Waals surface area (Å²) in [6.07, 6.45) is 3.71. The van der Waals surface area contributed by atoms with Gasteiger partial charge in [0.15, 0.2) is 0 Å². The fourth-order valence-corrected chi connectivity index (χ4v) is 0.867. The summed E-state index contributed by atoms with van der Waals surface area (Å²) in [6.45, 7) is 1.97. The van der Waals surface area contributed by atoms with E-state index < -0.39 is 0 Å². The Labute approximate surface area is 86.3 Å². The zero-order valence-corrected chi connectivity index (χ0v) is 8.71. The standard InChI is InChI=1S/C12H18O2/c1-12(14)10-8-6-4-2-3-5-7-9-11-13/h12-14H,6-11H2,1H3. The first-order valence-electron chi connectivity index (χ1n) is 5.02. The highest BCUT2D eigenvalue weighted by atomic mass is 16.3. The lowest BCUT2D eigenvalue weighted by atomic mass is 10.2. The first kappa shape index (κ1) is 13.0. The molecule has 2 N–H and O–H groups in total. The molecule has 0 heterocycles. The molecule has 0 aromatic carbocycles. The van der Waals surface area contributed by atoms with Crippen LogP contribution in [0.4, 0.5) is 0 Å². The largest absolute Gasteiger partial charge is 0.396 e. The second-order valence-electron chi connectivity index (χ2n) is 3.17. The van der Waals surface area contributed by atoms with Gasteiger partial charge in [-0.05, 0) is 38.0 Å². The topological polar surface area (TPSA) is 40.5 Å². The van der Waals surface area contributed by atoms with Crippen LogP contribution in [0.15, 0.2) is 0 Å². The summed E-state index contributed by atoms with van der Waals surface area (Å²) in [5, 5.41) is 17.4. The Kier molecular flexibility index (Phi) is 9.43. The molecule has 1 atom stereocenters. The molecule has 0 aliphatic carbocycles. The molecule has 78 valence electrons. The maximum absolute atomic E-state index is 8.95. The number of rotatable bonds is 5. The van der Waals surface area contributed by atoms with Gasteiger partial charge >= 0.3 is 0 Å². The average Bonchev–Trinajstić information content (AvgIpc) is 2.15. The molecule has 0 aromatic rings. The van der Waals surface area contributed by atoms with E-state index in [4.69, 9.17) is 10.2 Å². The third-order valence-corrected chi connectivity index (χ3v) is 1.62. The number of hydrogen-bond acceptors (Lipinski definition) is 2.